The van der Waals surface area contributed by atoms with Crippen molar-refractivity contribution in [1.29, 1.82) is 0 Å². The first-order chi connectivity index (χ1) is 30.7. The first-order valence-corrected chi connectivity index (χ1v) is 24.0. The molecule has 0 spiro atoms. The van der Waals surface area contributed by atoms with Crippen molar-refractivity contribution in [3.63, 3.8) is 0 Å². The summed E-state index contributed by atoms with van der Waals surface area (Å²) in [5.74, 6) is 1.76. The van der Waals surface area contributed by atoms with Crippen molar-refractivity contribution < 1.29 is 28.3 Å². The predicted molar refractivity (Wildman–Crippen MR) is 250 cm³/mol. The smallest absolute Gasteiger partial charge is 0.258 e. The highest BCUT2D eigenvalue weighted by atomic mass is 35.5. The third-order valence-corrected chi connectivity index (χ3v) is 15.2. The van der Waals surface area contributed by atoms with Crippen LogP contribution in [0.3, 0.4) is 0 Å². The SMILES string of the molecule is CNc1nc(Nc2ccc(C(=O)N3CCN(C[C@H]4CC[C@@H](CSC(C)(C)[C@H](NC(=O)C5(F)CC5)C(=O)N5CCCC5C(=O)NCc5ccc(Cl)cc5)CC4)CC3)cc2OC)ncc1Cl. The molecule has 0 bridgehead atoms. The van der Waals surface area contributed by atoms with Crippen molar-refractivity contribution in [3.8, 4) is 5.75 Å². The zero-order valence-corrected chi connectivity index (χ0v) is 39.4. The number of thioether (sulfide) groups is 1. The molecule has 7 rings (SSSR count). The van der Waals surface area contributed by atoms with E-state index in [9.17, 15) is 19.2 Å². The van der Waals surface area contributed by atoms with Gasteiger partial charge in [0.2, 0.25) is 17.8 Å². The van der Waals surface area contributed by atoms with Crippen LogP contribution in [0.15, 0.2) is 48.7 Å². The number of halogens is 3. The molecule has 346 valence electrons. The Morgan fingerprint density at radius 2 is 1.67 bits per heavy atom. The lowest BCUT2D eigenvalue weighted by molar-refractivity contribution is -0.143. The van der Waals surface area contributed by atoms with Gasteiger partial charge in [-0.3, -0.25) is 24.1 Å². The van der Waals surface area contributed by atoms with Crippen molar-refractivity contribution in [1.82, 2.24) is 35.3 Å². The molecule has 4 amide bonds. The molecule has 64 heavy (non-hydrogen) atoms. The summed E-state index contributed by atoms with van der Waals surface area (Å²) in [6.45, 7) is 8.45. The van der Waals surface area contributed by atoms with Crippen LogP contribution in [-0.4, -0.2) is 130 Å². The highest BCUT2D eigenvalue weighted by molar-refractivity contribution is 8.00. The highest BCUT2D eigenvalue weighted by Crippen LogP contribution is 2.42. The maximum atomic E-state index is 15.1. The van der Waals surface area contributed by atoms with E-state index < -0.39 is 28.4 Å². The molecule has 1 aromatic heterocycles. The summed E-state index contributed by atoms with van der Waals surface area (Å²) >= 11 is 13.8. The number of ether oxygens (including phenoxy) is 1. The summed E-state index contributed by atoms with van der Waals surface area (Å²) in [4.78, 5) is 69.1. The quantitative estimate of drug-likeness (QED) is 0.111. The minimum absolute atomic E-state index is 0.0399. The van der Waals surface area contributed by atoms with Gasteiger partial charge < -0.3 is 35.8 Å². The van der Waals surface area contributed by atoms with E-state index in [0.29, 0.717) is 89.7 Å². The van der Waals surface area contributed by atoms with E-state index >= 15 is 4.39 Å². The van der Waals surface area contributed by atoms with Crippen molar-refractivity contribution in [2.75, 3.05) is 69.8 Å². The van der Waals surface area contributed by atoms with Crippen LogP contribution in [0.5, 0.6) is 5.75 Å². The Morgan fingerprint density at radius 1 is 0.969 bits per heavy atom. The Morgan fingerprint density at radius 3 is 2.34 bits per heavy atom. The highest BCUT2D eigenvalue weighted by Gasteiger charge is 2.54. The summed E-state index contributed by atoms with van der Waals surface area (Å²) < 4.78 is 19.9. The number of hydrogen-bond donors (Lipinski definition) is 4. The molecule has 4 N–H and O–H groups in total. The average molecular weight is 941 g/mol. The van der Waals surface area contributed by atoms with Gasteiger partial charge in [-0.05, 0) is 119 Å². The van der Waals surface area contributed by atoms with Crippen LogP contribution in [0.25, 0.3) is 0 Å². The summed E-state index contributed by atoms with van der Waals surface area (Å²) in [5.41, 5.74) is 0.121. The van der Waals surface area contributed by atoms with E-state index in [-0.39, 0.29) is 30.6 Å². The van der Waals surface area contributed by atoms with Crippen molar-refractivity contribution in [2.45, 2.75) is 94.3 Å². The Kier molecular flexibility index (Phi) is 15.5. The van der Waals surface area contributed by atoms with Crippen LogP contribution in [0.4, 0.5) is 21.8 Å². The van der Waals surface area contributed by atoms with Gasteiger partial charge in [-0.1, -0.05) is 35.3 Å². The maximum Gasteiger partial charge on any atom is 0.258 e. The number of rotatable bonds is 17. The zero-order chi connectivity index (χ0) is 45.6. The number of carbonyl (C=O) groups is 4. The number of benzene rings is 2. The molecule has 2 aliphatic heterocycles. The number of amides is 4. The zero-order valence-electron chi connectivity index (χ0n) is 37.1. The van der Waals surface area contributed by atoms with Gasteiger partial charge in [-0.25, -0.2) is 9.37 Å². The van der Waals surface area contributed by atoms with E-state index in [1.54, 1.807) is 61.2 Å². The number of hydrogen-bond acceptors (Lipinski definition) is 11. The molecule has 2 aliphatic carbocycles. The maximum absolute atomic E-state index is 15.1. The van der Waals surface area contributed by atoms with E-state index in [4.69, 9.17) is 27.9 Å². The third kappa shape index (κ3) is 11.7. The number of nitrogens with one attached hydrogen (secondary N) is 4. The van der Waals surface area contributed by atoms with Crippen LogP contribution < -0.4 is 26.0 Å². The number of piperazine rings is 1. The fraction of sp³-hybridized carbons (Fsp3) is 0.565. The van der Waals surface area contributed by atoms with Crippen molar-refractivity contribution >= 4 is 76.0 Å². The Bertz CT molecular complexity index is 2150. The molecule has 4 aliphatic rings. The monoisotopic (exact) mass is 939 g/mol. The lowest BCUT2D eigenvalue weighted by Crippen LogP contribution is -2.61. The molecule has 2 atom stereocenters. The lowest BCUT2D eigenvalue weighted by atomic mass is 9.82. The van der Waals surface area contributed by atoms with Crippen LogP contribution in [0.2, 0.25) is 10.0 Å². The molecule has 2 aromatic carbocycles. The number of nitrogens with zero attached hydrogens (tertiary/aromatic N) is 5. The molecule has 14 nitrogen and oxygen atoms in total. The van der Waals surface area contributed by atoms with Crippen molar-refractivity contribution in [2.24, 2.45) is 11.8 Å². The number of alkyl halides is 1. The average Bonchev–Trinajstić information content (AvgIpc) is 3.86. The summed E-state index contributed by atoms with van der Waals surface area (Å²) in [6.07, 6.45) is 7.27. The summed E-state index contributed by atoms with van der Waals surface area (Å²) in [5, 5.41) is 12.9. The van der Waals surface area contributed by atoms with Crippen LogP contribution in [-0.2, 0) is 20.9 Å². The molecule has 3 aromatic rings. The Balaban J connectivity index is 0.873. The lowest BCUT2D eigenvalue weighted by Gasteiger charge is -2.40. The normalized spacial score (nSPS) is 21.5. The number of aromatic nitrogens is 2. The van der Waals surface area contributed by atoms with Gasteiger partial charge in [0.05, 0.1) is 19.0 Å². The molecule has 2 saturated carbocycles. The minimum Gasteiger partial charge on any atom is -0.495 e. The Labute approximate surface area is 389 Å². The molecule has 1 unspecified atom stereocenters. The third-order valence-electron chi connectivity index (χ3n) is 13.0. The van der Waals surface area contributed by atoms with Crippen molar-refractivity contribution in [3.05, 3.63) is 69.8 Å². The minimum atomic E-state index is -1.94. The number of carbonyl (C=O) groups excluding carboxylic acids is 4. The number of methoxy groups -OCH3 is 1. The van der Waals surface area contributed by atoms with Crippen LogP contribution >= 0.6 is 35.0 Å². The fourth-order valence-corrected chi connectivity index (χ4v) is 10.5. The number of likely N-dealkylation sites (tertiary alicyclic amines) is 1. The standard InChI is InChI=1S/C46H60Cl2FN9O5S/c1-45(2,38(54-43(62)46(49)17-18-46)42(61)58-19-5-6-36(58)40(59)51-25-29-11-14-33(47)15-12-29)64-28-31-9-7-30(8-10-31)27-56-20-22-57(23-21-56)41(60)32-13-16-35(37(24-32)63-4)53-44-52-26-34(48)39(50-3)55-44/h11-16,24,26,30-31,36,38H,5-10,17-23,25,27-28H2,1-4H3,(H,51,59)(H,54,62)(H2,50,52,53,55)/t30-,31+,36?,38-/m1/s1. The second kappa shape index (κ2) is 20.8. The summed E-state index contributed by atoms with van der Waals surface area (Å²) in [7, 11) is 3.28. The second-order valence-electron chi connectivity index (χ2n) is 18.0. The molecule has 4 fully saturated rings. The molecule has 18 heteroatoms. The van der Waals surface area contributed by atoms with Crippen LogP contribution in [0, 0.1) is 11.8 Å². The van der Waals surface area contributed by atoms with Gasteiger partial charge in [0.15, 0.2) is 5.67 Å². The largest absolute Gasteiger partial charge is 0.495 e. The second-order valence-corrected chi connectivity index (χ2v) is 20.5. The first-order valence-electron chi connectivity index (χ1n) is 22.3. The van der Waals surface area contributed by atoms with E-state index in [0.717, 1.165) is 56.6 Å². The van der Waals surface area contributed by atoms with Gasteiger partial charge in [0.25, 0.3) is 11.8 Å². The van der Waals surface area contributed by atoms with Gasteiger partial charge in [-0.15, -0.1) is 0 Å². The van der Waals surface area contributed by atoms with Crippen LogP contribution in [0.1, 0.15) is 81.1 Å². The van der Waals surface area contributed by atoms with Gasteiger partial charge in [-0.2, -0.15) is 16.7 Å². The molecule has 0 radical (unpaired) electrons. The topological polar surface area (TPSA) is 161 Å². The van der Waals surface area contributed by atoms with Gasteiger partial charge in [0.1, 0.15) is 28.7 Å². The fourth-order valence-electron chi connectivity index (χ4n) is 8.84. The first kappa shape index (κ1) is 47.6. The molecule has 2 saturated heterocycles. The molecular weight excluding hydrogens is 881 g/mol. The summed E-state index contributed by atoms with van der Waals surface area (Å²) in [6, 6.07) is 10.9. The van der Waals surface area contributed by atoms with E-state index in [1.807, 2.05) is 30.9 Å². The predicted octanol–water partition coefficient (Wildman–Crippen LogP) is 6.95. The van der Waals surface area contributed by atoms with E-state index in [2.05, 4.69) is 36.1 Å². The molecule has 3 heterocycles. The molecular formula is C46H60Cl2FN9O5S. The van der Waals surface area contributed by atoms with Gasteiger partial charge in [0, 0.05) is 68.2 Å². The van der Waals surface area contributed by atoms with E-state index in [1.165, 1.54) is 6.20 Å². The Hall–Kier alpha value is -4.38. The van der Waals surface area contributed by atoms with Gasteiger partial charge >= 0.3 is 0 Å². The number of anilines is 3.